The lowest BCUT2D eigenvalue weighted by Crippen LogP contribution is -2.32. The molecule has 6 nitrogen and oxygen atoms in total. The summed E-state index contributed by atoms with van der Waals surface area (Å²) in [6.45, 7) is 0. The summed E-state index contributed by atoms with van der Waals surface area (Å²) < 4.78 is 5.50. The molecular formula is C27H15Cl3N2O4. The first-order valence-electron chi connectivity index (χ1n) is 10.6. The summed E-state index contributed by atoms with van der Waals surface area (Å²) in [4.78, 5) is 39.1. The Hall–Kier alpha value is -3.84. The fourth-order valence-corrected chi connectivity index (χ4v) is 4.21. The SMILES string of the molecule is O=C(Oc1ccc2ccccc2c1)c1ccc(NC2=C(Cl)C(=O)N(c3ccc(Cl)c(Cl)c3)C2=O)cc1. The van der Waals surface area contributed by atoms with Gasteiger partial charge in [-0.05, 0) is 65.4 Å². The second-order valence-electron chi connectivity index (χ2n) is 7.83. The predicted octanol–water partition coefficient (Wildman–Crippen LogP) is 6.80. The molecular weight excluding hydrogens is 523 g/mol. The third-order valence-corrected chi connectivity index (χ3v) is 6.60. The maximum atomic E-state index is 12.9. The highest BCUT2D eigenvalue weighted by atomic mass is 35.5. The number of carbonyl (C=O) groups is 3. The smallest absolute Gasteiger partial charge is 0.343 e. The zero-order valence-electron chi connectivity index (χ0n) is 18.3. The lowest BCUT2D eigenvalue weighted by Gasteiger charge is -2.15. The van der Waals surface area contributed by atoms with Gasteiger partial charge in [-0.15, -0.1) is 0 Å². The Kier molecular flexibility index (Phi) is 6.41. The molecule has 4 aromatic carbocycles. The van der Waals surface area contributed by atoms with Gasteiger partial charge in [0.1, 0.15) is 16.5 Å². The lowest BCUT2D eigenvalue weighted by atomic mass is 10.1. The number of fused-ring (bicyclic) bond motifs is 1. The largest absolute Gasteiger partial charge is 0.423 e. The third kappa shape index (κ3) is 4.54. The van der Waals surface area contributed by atoms with Crippen molar-refractivity contribution >= 4 is 74.7 Å². The minimum atomic E-state index is -0.696. The van der Waals surface area contributed by atoms with Crippen LogP contribution in [0.1, 0.15) is 10.4 Å². The second kappa shape index (κ2) is 9.66. The van der Waals surface area contributed by atoms with E-state index in [0.29, 0.717) is 17.0 Å². The van der Waals surface area contributed by atoms with Crippen molar-refractivity contribution in [1.29, 1.82) is 0 Å². The Labute approximate surface area is 220 Å². The van der Waals surface area contributed by atoms with Gasteiger partial charge in [0.05, 0.1) is 21.3 Å². The van der Waals surface area contributed by atoms with Crippen molar-refractivity contribution in [2.45, 2.75) is 0 Å². The molecule has 0 fully saturated rings. The van der Waals surface area contributed by atoms with Crippen LogP contribution in [0.15, 0.2) is 95.7 Å². The van der Waals surface area contributed by atoms with Crippen LogP contribution in [0.5, 0.6) is 5.75 Å². The number of hydrogen-bond donors (Lipinski definition) is 1. The van der Waals surface area contributed by atoms with Gasteiger partial charge < -0.3 is 10.1 Å². The van der Waals surface area contributed by atoms with Crippen molar-refractivity contribution in [2.24, 2.45) is 0 Å². The van der Waals surface area contributed by atoms with E-state index in [0.717, 1.165) is 15.7 Å². The Bertz CT molecular complexity index is 1580. The molecule has 0 saturated heterocycles. The number of imide groups is 1. The van der Waals surface area contributed by atoms with E-state index in [2.05, 4.69) is 5.32 Å². The summed E-state index contributed by atoms with van der Waals surface area (Å²) in [6, 6.07) is 23.8. The fraction of sp³-hybridized carbons (Fsp3) is 0. The first-order chi connectivity index (χ1) is 17.3. The number of benzene rings is 4. The van der Waals surface area contributed by atoms with Gasteiger partial charge in [0.2, 0.25) is 0 Å². The number of amides is 2. The number of esters is 1. The predicted molar refractivity (Wildman–Crippen MR) is 141 cm³/mol. The summed E-state index contributed by atoms with van der Waals surface area (Å²) in [5.41, 5.74) is 0.892. The summed E-state index contributed by atoms with van der Waals surface area (Å²) in [7, 11) is 0. The van der Waals surface area contributed by atoms with Crippen molar-refractivity contribution in [3.05, 3.63) is 111 Å². The Morgan fingerprint density at radius 1 is 0.750 bits per heavy atom. The van der Waals surface area contributed by atoms with Gasteiger partial charge >= 0.3 is 5.97 Å². The zero-order valence-corrected chi connectivity index (χ0v) is 20.6. The van der Waals surface area contributed by atoms with Gasteiger partial charge in [-0.1, -0.05) is 65.1 Å². The van der Waals surface area contributed by atoms with Gasteiger partial charge in [0.25, 0.3) is 11.8 Å². The fourth-order valence-electron chi connectivity index (χ4n) is 3.70. The Balaban J connectivity index is 1.30. The number of hydrogen-bond acceptors (Lipinski definition) is 5. The molecule has 0 unspecified atom stereocenters. The van der Waals surface area contributed by atoms with Crippen LogP contribution in [0.4, 0.5) is 11.4 Å². The number of nitrogens with zero attached hydrogens (tertiary/aromatic N) is 1. The van der Waals surface area contributed by atoms with Gasteiger partial charge in [-0.3, -0.25) is 9.59 Å². The second-order valence-corrected chi connectivity index (χ2v) is 9.03. The van der Waals surface area contributed by atoms with E-state index >= 15 is 0 Å². The van der Waals surface area contributed by atoms with Crippen LogP contribution in [-0.2, 0) is 9.59 Å². The molecule has 0 aromatic heterocycles. The van der Waals surface area contributed by atoms with Crippen molar-refractivity contribution in [2.75, 3.05) is 10.2 Å². The molecule has 178 valence electrons. The average Bonchev–Trinajstić information content (AvgIpc) is 3.09. The van der Waals surface area contributed by atoms with Gasteiger partial charge in [-0.2, -0.15) is 0 Å². The first kappa shape index (κ1) is 23.9. The highest BCUT2D eigenvalue weighted by molar-refractivity contribution is 6.53. The van der Waals surface area contributed by atoms with Gasteiger partial charge in [0, 0.05) is 5.69 Å². The van der Waals surface area contributed by atoms with E-state index < -0.39 is 17.8 Å². The number of halogens is 3. The number of rotatable bonds is 5. The van der Waals surface area contributed by atoms with Crippen LogP contribution in [-0.4, -0.2) is 17.8 Å². The molecule has 1 aliphatic rings. The summed E-state index contributed by atoms with van der Waals surface area (Å²) >= 11 is 18.1. The standard InChI is InChI=1S/C27H15Cl3N2O4/c28-21-12-10-19(14-22(21)29)32-25(33)23(30)24(26(32)34)31-18-8-5-16(6-9-18)27(35)36-20-11-7-15-3-1-2-4-17(15)13-20/h1-14,31H. The molecule has 4 aromatic rings. The molecule has 0 atom stereocenters. The number of carbonyl (C=O) groups excluding carboxylic acids is 3. The van der Waals surface area contributed by atoms with Crippen LogP contribution in [0, 0.1) is 0 Å². The highest BCUT2D eigenvalue weighted by Gasteiger charge is 2.39. The van der Waals surface area contributed by atoms with E-state index in [1.807, 2.05) is 30.3 Å². The molecule has 0 aliphatic carbocycles. The van der Waals surface area contributed by atoms with Crippen LogP contribution in [0.3, 0.4) is 0 Å². The van der Waals surface area contributed by atoms with E-state index in [9.17, 15) is 14.4 Å². The molecule has 0 bridgehead atoms. The number of anilines is 2. The molecule has 1 N–H and O–H groups in total. The molecule has 0 spiro atoms. The van der Waals surface area contributed by atoms with Crippen LogP contribution in [0.25, 0.3) is 10.8 Å². The number of nitrogens with one attached hydrogen (secondary N) is 1. The first-order valence-corrected chi connectivity index (χ1v) is 11.8. The van der Waals surface area contributed by atoms with Crippen molar-refractivity contribution in [1.82, 2.24) is 0 Å². The van der Waals surface area contributed by atoms with Gasteiger partial charge in [0.15, 0.2) is 0 Å². The van der Waals surface area contributed by atoms with E-state index in [1.54, 1.807) is 24.3 Å². The molecule has 0 radical (unpaired) electrons. The highest BCUT2D eigenvalue weighted by Crippen LogP contribution is 2.33. The molecule has 1 heterocycles. The van der Waals surface area contributed by atoms with Crippen LogP contribution < -0.4 is 15.0 Å². The maximum Gasteiger partial charge on any atom is 0.343 e. The van der Waals surface area contributed by atoms with E-state index in [1.165, 1.54) is 30.3 Å². The van der Waals surface area contributed by atoms with Crippen LogP contribution >= 0.6 is 34.8 Å². The van der Waals surface area contributed by atoms with E-state index in [-0.39, 0.29) is 26.5 Å². The third-order valence-electron chi connectivity index (χ3n) is 5.51. The molecule has 0 saturated carbocycles. The molecule has 9 heteroatoms. The minimum Gasteiger partial charge on any atom is -0.423 e. The monoisotopic (exact) mass is 536 g/mol. The lowest BCUT2D eigenvalue weighted by molar-refractivity contribution is -0.120. The topological polar surface area (TPSA) is 75.7 Å². The normalized spacial score (nSPS) is 13.5. The maximum absolute atomic E-state index is 12.9. The summed E-state index contributed by atoms with van der Waals surface area (Å²) in [5.74, 6) is -1.45. The van der Waals surface area contributed by atoms with Crippen molar-refractivity contribution in [3.8, 4) is 5.75 Å². The molecule has 1 aliphatic heterocycles. The average molecular weight is 538 g/mol. The molecule has 2 amide bonds. The quantitative estimate of drug-likeness (QED) is 0.172. The molecule has 36 heavy (non-hydrogen) atoms. The van der Waals surface area contributed by atoms with Crippen molar-refractivity contribution in [3.63, 3.8) is 0 Å². The van der Waals surface area contributed by atoms with E-state index in [4.69, 9.17) is 39.5 Å². The van der Waals surface area contributed by atoms with Crippen molar-refractivity contribution < 1.29 is 19.1 Å². The summed E-state index contributed by atoms with van der Waals surface area (Å²) in [5, 5.41) is 5.06. The van der Waals surface area contributed by atoms with Crippen LogP contribution in [0.2, 0.25) is 10.0 Å². The summed E-state index contributed by atoms with van der Waals surface area (Å²) in [6.07, 6.45) is 0. The Morgan fingerprint density at radius 2 is 1.47 bits per heavy atom. The Morgan fingerprint density at radius 3 is 2.19 bits per heavy atom. The van der Waals surface area contributed by atoms with Gasteiger partial charge in [-0.25, -0.2) is 9.69 Å². The zero-order chi connectivity index (χ0) is 25.4. The number of ether oxygens (including phenoxy) is 1. The minimum absolute atomic E-state index is 0.0979. The molecule has 5 rings (SSSR count).